The number of aliphatic hydroxyl groups is 3. The first-order valence-electron chi connectivity index (χ1n) is 20.9. The van der Waals surface area contributed by atoms with E-state index in [-0.39, 0.29) is 19.8 Å². The molecule has 8 atom stereocenters. The largest absolute Gasteiger partial charge is 0.498 e. The molecule has 8 unspecified atom stereocenters. The van der Waals surface area contributed by atoms with E-state index in [4.69, 9.17) is 9.47 Å². The van der Waals surface area contributed by atoms with Crippen molar-refractivity contribution in [2.45, 2.75) is 154 Å². The fourth-order valence-corrected chi connectivity index (χ4v) is 10.8. The molecule has 0 heterocycles. The molecule has 8 heteroatoms. The van der Waals surface area contributed by atoms with Crippen LogP contribution in [0.25, 0.3) is 0 Å². The number of unbranched alkanes of at least 4 members (excludes halogenated alkanes) is 3. The SMILES string of the molecule is C=C(OCCCCCCOC)C1CCC(C)C(C)C1.C=C=CCCC(SCCO)C(CCC)CCC(SCCO)C(C)CCC(SCCO)C(C)C. The van der Waals surface area contributed by atoms with Gasteiger partial charge >= 0.3 is 0 Å². The maximum atomic E-state index is 9.46. The topological polar surface area (TPSA) is 79.2 Å². The van der Waals surface area contributed by atoms with E-state index < -0.39 is 0 Å². The molecule has 0 amide bonds. The zero-order valence-corrected chi connectivity index (χ0v) is 37.3. The quantitative estimate of drug-likeness (QED) is 0.0353. The Bertz CT molecular complexity index is 867. The van der Waals surface area contributed by atoms with Crippen molar-refractivity contribution in [1.29, 1.82) is 0 Å². The normalized spacial score (nSPS) is 20.2. The number of thioether (sulfide) groups is 3. The molecule has 308 valence electrons. The zero-order chi connectivity index (χ0) is 39.0. The fourth-order valence-electron chi connectivity index (χ4n) is 7.30. The molecule has 3 N–H and O–H groups in total. The van der Waals surface area contributed by atoms with Gasteiger partial charge in [0.1, 0.15) is 0 Å². The van der Waals surface area contributed by atoms with Crippen molar-refractivity contribution >= 4 is 35.3 Å². The predicted octanol–water partition coefficient (Wildman–Crippen LogP) is 11.5. The number of rotatable bonds is 32. The lowest BCUT2D eigenvalue weighted by Gasteiger charge is -2.32. The van der Waals surface area contributed by atoms with E-state index >= 15 is 0 Å². The molecule has 1 fully saturated rings. The van der Waals surface area contributed by atoms with Gasteiger partial charge in [0.2, 0.25) is 0 Å². The van der Waals surface area contributed by atoms with Crippen molar-refractivity contribution < 1.29 is 24.8 Å². The molecule has 0 bridgehead atoms. The summed E-state index contributed by atoms with van der Waals surface area (Å²) in [6.45, 7) is 24.3. The molecule has 1 aliphatic rings. The number of hydrogen-bond acceptors (Lipinski definition) is 8. The van der Waals surface area contributed by atoms with Crippen LogP contribution in [0.2, 0.25) is 0 Å². The number of allylic oxidation sites excluding steroid dienone is 2. The highest BCUT2D eigenvalue weighted by atomic mass is 32.2. The molecule has 1 aliphatic carbocycles. The van der Waals surface area contributed by atoms with Crippen LogP contribution in [0.4, 0.5) is 0 Å². The van der Waals surface area contributed by atoms with Crippen molar-refractivity contribution in [3.05, 3.63) is 30.7 Å². The van der Waals surface area contributed by atoms with E-state index in [1.165, 1.54) is 70.6 Å². The molecular weight excluding hydrogens is 705 g/mol. The van der Waals surface area contributed by atoms with E-state index in [1.807, 2.05) is 41.4 Å². The summed E-state index contributed by atoms with van der Waals surface area (Å²) in [4.78, 5) is 0. The molecular formula is C44H84O5S3. The smallest absolute Gasteiger partial charge is 0.0919 e. The van der Waals surface area contributed by atoms with Crippen molar-refractivity contribution in [2.75, 3.05) is 57.4 Å². The lowest BCUT2D eigenvalue weighted by molar-refractivity contribution is 0.129. The summed E-state index contributed by atoms with van der Waals surface area (Å²) in [5.41, 5.74) is 2.91. The zero-order valence-electron chi connectivity index (χ0n) is 34.8. The Balaban J connectivity index is 0.00000115. The molecule has 0 aromatic rings. The fraction of sp³-hybridized carbons (Fsp3) is 0.886. The van der Waals surface area contributed by atoms with Gasteiger partial charge in [-0.05, 0) is 119 Å². The van der Waals surface area contributed by atoms with Crippen LogP contribution in [0, 0.1) is 35.5 Å². The van der Waals surface area contributed by atoms with Gasteiger partial charge in [0.05, 0.1) is 32.2 Å². The summed E-state index contributed by atoms with van der Waals surface area (Å²) < 4.78 is 10.9. The average Bonchev–Trinajstić information content (AvgIpc) is 3.13. The molecule has 52 heavy (non-hydrogen) atoms. The van der Waals surface area contributed by atoms with Crippen LogP contribution in [0.15, 0.2) is 30.7 Å². The Morgan fingerprint density at radius 3 is 1.92 bits per heavy atom. The highest BCUT2D eigenvalue weighted by Gasteiger charge is 2.27. The van der Waals surface area contributed by atoms with Gasteiger partial charge in [0.25, 0.3) is 0 Å². The minimum atomic E-state index is 0.245. The van der Waals surface area contributed by atoms with Crippen LogP contribution >= 0.6 is 35.3 Å². The van der Waals surface area contributed by atoms with E-state index in [1.54, 1.807) is 7.11 Å². The average molecular weight is 789 g/mol. The first kappa shape index (κ1) is 52.0. The molecule has 0 aliphatic heterocycles. The summed E-state index contributed by atoms with van der Waals surface area (Å²) in [6.07, 6.45) is 20.0. The molecule has 0 aromatic carbocycles. The Morgan fingerprint density at radius 2 is 1.37 bits per heavy atom. The third-order valence-corrected chi connectivity index (χ3v) is 15.5. The van der Waals surface area contributed by atoms with Gasteiger partial charge < -0.3 is 24.8 Å². The summed E-state index contributed by atoms with van der Waals surface area (Å²) in [5, 5.41) is 29.8. The molecule has 0 saturated heterocycles. The Morgan fingerprint density at radius 1 is 0.769 bits per heavy atom. The number of hydrogen-bond donors (Lipinski definition) is 3. The first-order chi connectivity index (χ1) is 25.1. The van der Waals surface area contributed by atoms with E-state index in [9.17, 15) is 15.3 Å². The van der Waals surface area contributed by atoms with Gasteiger partial charge in [0.15, 0.2) is 0 Å². The minimum absolute atomic E-state index is 0.245. The Labute approximate surface area is 335 Å². The molecule has 1 rings (SSSR count). The molecule has 1 saturated carbocycles. The molecule has 0 aromatic heterocycles. The maximum absolute atomic E-state index is 9.46. The minimum Gasteiger partial charge on any atom is -0.498 e. The van der Waals surface area contributed by atoms with E-state index in [0.29, 0.717) is 39.4 Å². The maximum Gasteiger partial charge on any atom is 0.0919 e. The van der Waals surface area contributed by atoms with Crippen LogP contribution in [0.3, 0.4) is 0 Å². The molecule has 0 spiro atoms. The van der Waals surface area contributed by atoms with Crippen molar-refractivity contribution in [2.24, 2.45) is 35.5 Å². The van der Waals surface area contributed by atoms with E-state index in [2.05, 4.69) is 60.4 Å². The number of ether oxygens (including phenoxy) is 2. The summed E-state index contributed by atoms with van der Waals surface area (Å²) in [6, 6.07) is 0. The Hall–Kier alpha value is -0.0500. The first-order valence-corrected chi connectivity index (χ1v) is 24.1. The Kier molecular flexibility index (Phi) is 35.3. The summed E-state index contributed by atoms with van der Waals surface area (Å²) in [7, 11) is 1.76. The lowest BCUT2D eigenvalue weighted by Crippen LogP contribution is -2.24. The van der Waals surface area contributed by atoms with Crippen LogP contribution in [0.5, 0.6) is 0 Å². The second-order valence-corrected chi connectivity index (χ2v) is 19.5. The highest BCUT2D eigenvalue weighted by molar-refractivity contribution is 8.00. The lowest BCUT2D eigenvalue weighted by atomic mass is 9.75. The van der Waals surface area contributed by atoms with Crippen LogP contribution in [0.1, 0.15) is 138 Å². The third kappa shape index (κ3) is 25.9. The summed E-state index contributed by atoms with van der Waals surface area (Å²) in [5.74, 6) is 7.67. The van der Waals surface area contributed by atoms with Crippen molar-refractivity contribution in [1.82, 2.24) is 0 Å². The second-order valence-electron chi connectivity index (χ2n) is 15.5. The molecule has 0 radical (unpaired) electrons. The van der Waals surface area contributed by atoms with Crippen LogP contribution in [-0.4, -0.2) is 88.5 Å². The van der Waals surface area contributed by atoms with Crippen molar-refractivity contribution in [3.8, 4) is 0 Å². The van der Waals surface area contributed by atoms with Crippen LogP contribution < -0.4 is 0 Å². The second kappa shape index (κ2) is 35.4. The highest BCUT2D eigenvalue weighted by Crippen LogP contribution is 2.38. The number of methoxy groups -OCH3 is 1. The van der Waals surface area contributed by atoms with Gasteiger partial charge in [-0.3, -0.25) is 0 Å². The van der Waals surface area contributed by atoms with Gasteiger partial charge in [-0.1, -0.05) is 67.5 Å². The van der Waals surface area contributed by atoms with Gasteiger partial charge in [-0.25, -0.2) is 0 Å². The molecule has 5 nitrogen and oxygen atoms in total. The van der Waals surface area contributed by atoms with Gasteiger partial charge in [-0.2, -0.15) is 35.3 Å². The van der Waals surface area contributed by atoms with Crippen molar-refractivity contribution in [3.63, 3.8) is 0 Å². The monoisotopic (exact) mass is 789 g/mol. The standard InChI is InChI=1S/C27H52O3S3.C17H32O2/c1-6-8-9-11-27(33-21-18-30)24(10-7-2)13-15-26(32-20-17-29)23(5)12-14-25(22(3)4)31-19-16-28;1-14-9-10-17(13-15(14)2)16(3)19-12-8-6-5-7-11-18-4/h8,22-30H,1,7,9-21H2,2-5H3;14-15,17H,3,5-13H2,1-2,4H3. The van der Waals surface area contributed by atoms with Gasteiger partial charge in [-0.15, -0.1) is 5.73 Å². The van der Waals surface area contributed by atoms with Crippen LogP contribution in [-0.2, 0) is 9.47 Å². The van der Waals surface area contributed by atoms with Gasteiger partial charge in [0, 0.05) is 52.6 Å². The summed E-state index contributed by atoms with van der Waals surface area (Å²) >= 11 is 5.80. The number of aliphatic hydroxyl groups excluding tert-OH is 3. The van der Waals surface area contributed by atoms with E-state index in [0.717, 1.165) is 73.8 Å². The third-order valence-electron chi connectivity index (χ3n) is 10.9. The predicted molar refractivity (Wildman–Crippen MR) is 235 cm³/mol.